The summed E-state index contributed by atoms with van der Waals surface area (Å²) < 4.78 is 0. The molecule has 8 N–H and O–H groups in total. The Hall–Kier alpha value is -2.73. The van der Waals surface area contributed by atoms with Crippen molar-refractivity contribution in [2.75, 3.05) is 0 Å². The lowest BCUT2D eigenvalue weighted by Gasteiger charge is -2.28. The molecule has 0 aromatic heterocycles. The SMILES string of the molecule is CC(C)C[C@H](N)C(=O)N[C@H](C(=O)N[C@H](C(=O)N[C@@H](CC(=O)O)C(=O)O)[C@@H](C)O)C(C)C. The Bertz CT molecular complexity index is 665. The molecule has 12 heteroatoms. The van der Waals surface area contributed by atoms with Crippen LogP contribution in [0, 0.1) is 11.8 Å². The molecule has 0 aromatic carbocycles. The van der Waals surface area contributed by atoms with Gasteiger partial charge in [-0.05, 0) is 25.2 Å². The number of amides is 3. The number of nitrogens with two attached hydrogens (primary N) is 1. The Morgan fingerprint density at radius 3 is 1.68 bits per heavy atom. The van der Waals surface area contributed by atoms with E-state index in [0.717, 1.165) is 0 Å². The van der Waals surface area contributed by atoms with Crippen molar-refractivity contribution in [2.45, 2.75) is 77.7 Å². The first kappa shape index (κ1) is 28.3. The molecule has 0 aromatic rings. The lowest BCUT2D eigenvalue weighted by atomic mass is 9.99. The van der Waals surface area contributed by atoms with E-state index in [4.69, 9.17) is 15.9 Å². The fraction of sp³-hybridized carbons (Fsp3) is 0.737. The zero-order valence-corrected chi connectivity index (χ0v) is 18.4. The maximum Gasteiger partial charge on any atom is 0.326 e. The van der Waals surface area contributed by atoms with Crippen molar-refractivity contribution in [3.8, 4) is 0 Å². The molecule has 31 heavy (non-hydrogen) atoms. The van der Waals surface area contributed by atoms with Crippen molar-refractivity contribution in [2.24, 2.45) is 17.6 Å². The van der Waals surface area contributed by atoms with Gasteiger partial charge in [0.2, 0.25) is 17.7 Å². The van der Waals surface area contributed by atoms with Crippen LogP contribution < -0.4 is 21.7 Å². The maximum absolute atomic E-state index is 12.7. The Balaban J connectivity index is 5.36. The molecule has 3 amide bonds. The topological polar surface area (TPSA) is 208 Å². The number of nitrogens with one attached hydrogen (secondary N) is 3. The second kappa shape index (κ2) is 12.8. The Labute approximate surface area is 180 Å². The fourth-order valence-electron chi connectivity index (χ4n) is 2.69. The minimum Gasteiger partial charge on any atom is -0.481 e. The molecule has 0 spiro atoms. The third kappa shape index (κ3) is 10.2. The second-order valence-corrected chi connectivity index (χ2v) is 8.19. The third-order valence-electron chi connectivity index (χ3n) is 4.36. The molecule has 178 valence electrons. The summed E-state index contributed by atoms with van der Waals surface area (Å²) in [5, 5.41) is 34.5. The van der Waals surface area contributed by atoms with Gasteiger partial charge in [0.25, 0.3) is 0 Å². The van der Waals surface area contributed by atoms with Crippen LogP contribution in [-0.2, 0) is 24.0 Å². The van der Waals surface area contributed by atoms with E-state index in [1.54, 1.807) is 13.8 Å². The largest absolute Gasteiger partial charge is 0.481 e. The average molecular weight is 447 g/mol. The molecule has 0 bridgehead atoms. The number of hydrogen-bond acceptors (Lipinski definition) is 7. The van der Waals surface area contributed by atoms with Crippen LogP contribution >= 0.6 is 0 Å². The molecule has 0 aliphatic carbocycles. The Kier molecular flexibility index (Phi) is 11.7. The molecule has 0 heterocycles. The average Bonchev–Trinajstić information content (AvgIpc) is 2.61. The van der Waals surface area contributed by atoms with Crippen molar-refractivity contribution in [1.82, 2.24) is 16.0 Å². The van der Waals surface area contributed by atoms with Crippen LogP contribution in [-0.4, -0.2) is 75.3 Å². The molecule has 0 rings (SSSR count). The van der Waals surface area contributed by atoms with Gasteiger partial charge < -0.3 is 37.0 Å². The predicted octanol–water partition coefficient (Wildman–Crippen LogP) is -1.59. The van der Waals surface area contributed by atoms with E-state index < -0.39 is 72.3 Å². The summed E-state index contributed by atoms with van der Waals surface area (Å²) in [6, 6.07) is -5.24. The smallest absolute Gasteiger partial charge is 0.326 e. The van der Waals surface area contributed by atoms with Gasteiger partial charge in [-0.15, -0.1) is 0 Å². The molecule has 0 saturated carbocycles. The molecule has 0 aliphatic rings. The molecule has 0 unspecified atom stereocenters. The number of carboxylic acids is 2. The number of carboxylic acid groups (broad SMARTS) is 2. The predicted molar refractivity (Wildman–Crippen MR) is 110 cm³/mol. The van der Waals surface area contributed by atoms with Gasteiger partial charge >= 0.3 is 11.9 Å². The normalized spacial score (nSPS) is 16.0. The molecule has 0 radical (unpaired) electrons. The Morgan fingerprint density at radius 2 is 1.29 bits per heavy atom. The standard InChI is InChI=1S/C19H34N4O8/c1-8(2)6-11(20)16(27)22-14(9(3)4)17(28)23-15(10(5)24)18(29)21-12(19(30)31)7-13(25)26/h8-12,14-15,24H,6-7,20H2,1-5H3,(H,21,29)(H,22,27)(H,23,28)(H,25,26)(H,30,31)/t10-,11+,12+,14+,15+/m1/s1. The van der Waals surface area contributed by atoms with Crippen LogP contribution in [0.3, 0.4) is 0 Å². The van der Waals surface area contributed by atoms with E-state index in [9.17, 15) is 29.1 Å². The summed E-state index contributed by atoms with van der Waals surface area (Å²) in [4.78, 5) is 59.4. The van der Waals surface area contributed by atoms with Gasteiger partial charge in [0, 0.05) is 0 Å². The summed E-state index contributed by atoms with van der Waals surface area (Å²) in [5.74, 6) is -5.69. The monoisotopic (exact) mass is 446 g/mol. The highest BCUT2D eigenvalue weighted by molar-refractivity contribution is 5.95. The van der Waals surface area contributed by atoms with Gasteiger partial charge in [-0.2, -0.15) is 0 Å². The Morgan fingerprint density at radius 1 is 0.806 bits per heavy atom. The van der Waals surface area contributed by atoms with Crippen LogP contribution in [0.25, 0.3) is 0 Å². The van der Waals surface area contributed by atoms with Gasteiger partial charge in [-0.1, -0.05) is 27.7 Å². The molecule has 5 atom stereocenters. The lowest BCUT2D eigenvalue weighted by molar-refractivity contribution is -0.148. The zero-order valence-electron chi connectivity index (χ0n) is 18.4. The summed E-state index contributed by atoms with van der Waals surface area (Å²) in [6.07, 6.45) is -1.92. The number of carbonyl (C=O) groups is 5. The maximum atomic E-state index is 12.7. The van der Waals surface area contributed by atoms with Crippen molar-refractivity contribution in [1.29, 1.82) is 0 Å². The quantitative estimate of drug-likeness (QED) is 0.174. The molecule has 0 saturated heterocycles. The highest BCUT2D eigenvalue weighted by atomic mass is 16.4. The van der Waals surface area contributed by atoms with Crippen molar-refractivity contribution in [3.63, 3.8) is 0 Å². The molecular weight excluding hydrogens is 412 g/mol. The van der Waals surface area contributed by atoms with Crippen LogP contribution in [0.5, 0.6) is 0 Å². The number of aliphatic carboxylic acids is 2. The van der Waals surface area contributed by atoms with Crippen molar-refractivity contribution in [3.05, 3.63) is 0 Å². The fourth-order valence-corrected chi connectivity index (χ4v) is 2.69. The molecule has 0 aliphatic heterocycles. The second-order valence-electron chi connectivity index (χ2n) is 8.19. The van der Waals surface area contributed by atoms with E-state index in [2.05, 4.69) is 10.6 Å². The minimum atomic E-state index is -1.75. The first-order chi connectivity index (χ1) is 14.2. The van der Waals surface area contributed by atoms with E-state index in [-0.39, 0.29) is 5.92 Å². The number of aliphatic hydroxyl groups excluding tert-OH is 1. The number of hydrogen-bond donors (Lipinski definition) is 7. The number of aliphatic hydroxyl groups is 1. The van der Waals surface area contributed by atoms with Crippen LogP contribution in [0.15, 0.2) is 0 Å². The highest BCUT2D eigenvalue weighted by Crippen LogP contribution is 2.07. The number of carbonyl (C=O) groups excluding carboxylic acids is 3. The van der Waals surface area contributed by atoms with Crippen molar-refractivity contribution < 1.29 is 39.3 Å². The van der Waals surface area contributed by atoms with Gasteiger partial charge in [0.15, 0.2) is 0 Å². The van der Waals surface area contributed by atoms with E-state index in [1.165, 1.54) is 6.92 Å². The molecular formula is C19H34N4O8. The summed E-state index contributed by atoms with van der Waals surface area (Å²) in [5.41, 5.74) is 5.84. The van der Waals surface area contributed by atoms with E-state index in [0.29, 0.717) is 6.42 Å². The van der Waals surface area contributed by atoms with Crippen molar-refractivity contribution >= 4 is 29.7 Å². The first-order valence-electron chi connectivity index (χ1n) is 9.96. The molecule has 12 nitrogen and oxygen atoms in total. The summed E-state index contributed by atoms with van der Waals surface area (Å²) in [6.45, 7) is 8.28. The first-order valence-corrected chi connectivity index (χ1v) is 9.96. The number of rotatable bonds is 13. The van der Waals surface area contributed by atoms with Gasteiger partial charge in [0.1, 0.15) is 18.1 Å². The minimum absolute atomic E-state index is 0.156. The van der Waals surface area contributed by atoms with Gasteiger partial charge in [0.05, 0.1) is 18.6 Å². The van der Waals surface area contributed by atoms with E-state index in [1.807, 2.05) is 19.2 Å². The van der Waals surface area contributed by atoms with Crippen LogP contribution in [0.4, 0.5) is 0 Å². The summed E-state index contributed by atoms with van der Waals surface area (Å²) >= 11 is 0. The van der Waals surface area contributed by atoms with Gasteiger partial charge in [-0.3, -0.25) is 19.2 Å². The van der Waals surface area contributed by atoms with Gasteiger partial charge in [-0.25, -0.2) is 4.79 Å². The molecule has 0 fully saturated rings. The highest BCUT2D eigenvalue weighted by Gasteiger charge is 2.34. The van der Waals surface area contributed by atoms with Crippen LogP contribution in [0.1, 0.15) is 47.5 Å². The van der Waals surface area contributed by atoms with E-state index >= 15 is 0 Å². The zero-order chi connectivity index (χ0) is 24.5. The third-order valence-corrected chi connectivity index (χ3v) is 4.36. The summed E-state index contributed by atoms with van der Waals surface area (Å²) in [7, 11) is 0. The van der Waals surface area contributed by atoms with Crippen LogP contribution in [0.2, 0.25) is 0 Å². The lowest BCUT2D eigenvalue weighted by Crippen LogP contribution is -2.61.